The lowest BCUT2D eigenvalue weighted by molar-refractivity contribution is -0.130. The van der Waals surface area contributed by atoms with Crippen LogP contribution in [0.5, 0.6) is 0 Å². The molecule has 2 amide bonds. The molecule has 1 aromatic rings. The number of rotatable bonds is 6. The highest BCUT2D eigenvalue weighted by atomic mass is 32.2. The van der Waals surface area contributed by atoms with E-state index in [2.05, 4.69) is 17.0 Å². The Morgan fingerprint density at radius 1 is 1.50 bits per heavy atom. The number of hydrogen-bond donors (Lipinski definition) is 1. The van der Waals surface area contributed by atoms with Crippen LogP contribution in [0, 0.1) is 0 Å². The minimum Gasteiger partial charge on any atom is -0.348 e. The topological polar surface area (TPSA) is 67.2 Å². The molecule has 0 saturated heterocycles. The molecule has 1 saturated carbocycles. The van der Waals surface area contributed by atoms with Crippen LogP contribution in [0.1, 0.15) is 42.4 Å². The fourth-order valence-corrected chi connectivity index (χ4v) is 3.51. The zero-order chi connectivity index (χ0) is 17.1. The van der Waals surface area contributed by atoms with E-state index < -0.39 is 0 Å². The molecular weight excluding hydrogens is 324 g/mol. The number of nitrogens with zero attached hydrogens (tertiary/aromatic N) is 3. The predicted octanol–water partition coefficient (Wildman–Crippen LogP) is 1.82. The van der Waals surface area contributed by atoms with Gasteiger partial charge in [-0.05, 0) is 32.3 Å². The van der Waals surface area contributed by atoms with Gasteiger partial charge < -0.3 is 10.2 Å². The first-order valence-electron chi connectivity index (χ1n) is 8.47. The Balaban J connectivity index is 1.67. The van der Waals surface area contributed by atoms with Crippen LogP contribution in [0.3, 0.4) is 0 Å². The van der Waals surface area contributed by atoms with Crippen LogP contribution in [-0.2, 0) is 17.9 Å². The second kappa shape index (κ2) is 7.42. The van der Waals surface area contributed by atoms with E-state index in [0.29, 0.717) is 18.3 Å². The van der Waals surface area contributed by atoms with Crippen LogP contribution < -0.4 is 5.32 Å². The predicted molar refractivity (Wildman–Crippen MR) is 94.9 cm³/mol. The van der Waals surface area contributed by atoms with E-state index in [1.165, 1.54) is 0 Å². The Morgan fingerprint density at radius 3 is 3.00 bits per heavy atom. The van der Waals surface area contributed by atoms with Gasteiger partial charge in [0.1, 0.15) is 0 Å². The highest BCUT2D eigenvalue weighted by Crippen LogP contribution is 2.21. The molecule has 1 aromatic heterocycles. The maximum Gasteiger partial charge on any atom is 0.272 e. The van der Waals surface area contributed by atoms with Crippen LogP contribution in [0.25, 0.3) is 0 Å². The molecule has 1 aliphatic carbocycles. The molecule has 0 spiro atoms. The summed E-state index contributed by atoms with van der Waals surface area (Å²) in [6, 6.07) is 2.14. The van der Waals surface area contributed by atoms with E-state index in [4.69, 9.17) is 0 Å². The third-order valence-corrected chi connectivity index (χ3v) is 5.41. The molecule has 1 fully saturated rings. The van der Waals surface area contributed by atoms with Gasteiger partial charge in [-0.15, -0.1) is 18.3 Å². The van der Waals surface area contributed by atoms with Crippen LogP contribution >= 0.6 is 11.8 Å². The number of carbonyl (C=O) groups is 2. The summed E-state index contributed by atoms with van der Waals surface area (Å²) in [5.74, 6) is 0.802. The van der Waals surface area contributed by atoms with Crippen LogP contribution in [-0.4, -0.2) is 50.1 Å². The summed E-state index contributed by atoms with van der Waals surface area (Å²) < 4.78 is 1.87. The molecule has 3 rings (SSSR count). The summed E-state index contributed by atoms with van der Waals surface area (Å²) in [7, 11) is 0. The van der Waals surface area contributed by atoms with Gasteiger partial charge in [-0.25, -0.2) is 0 Å². The third kappa shape index (κ3) is 4.01. The first kappa shape index (κ1) is 17.1. The molecule has 0 radical (unpaired) electrons. The van der Waals surface area contributed by atoms with E-state index in [1.54, 1.807) is 11.8 Å². The van der Waals surface area contributed by atoms with Gasteiger partial charge in [-0.1, -0.05) is 6.08 Å². The van der Waals surface area contributed by atoms with Crippen molar-refractivity contribution < 1.29 is 9.59 Å². The van der Waals surface area contributed by atoms with Crippen LogP contribution in [0.2, 0.25) is 0 Å². The Hall–Kier alpha value is -1.76. The average molecular weight is 348 g/mol. The molecule has 1 aliphatic heterocycles. The van der Waals surface area contributed by atoms with E-state index in [9.17, 15) is 9.59 Å². The first-order valence-corrected chi connectivity index (χ1v) is 9.52. The van der Waals surface area contributed by atoms with Crippen molar-refractivity contribution in [1.29, 1.82) is 0 Å². The fraction of sp³-hybridized carbons (Fsp3) is 0.588. The minimum absolute atomic E-state index is 0.0879. The second-order valence-electron chi connectivity index (χ2n) is 6.37. The molecular formula is C17H24N4O2S. The normalized spacial score (nSPS) is 18.5. The number of aromatic nitrogens is 2. The Morgan fingerprint density at radius 2 is 2.29 bits per heavy atom. The molecule has 24 heavy (non-hydrogen) atoms. The Labute approximate surface area is 146 Å². The Kier molecular flexibility index (Phi) is 5.28. The number of fused-ring (bicyclic) bond motifs is 1. The zero-order valence-corrected chi connectivity index (χ0v) is 14.8. The lowest BCUT2D eigenvalue weighted by Crippen LogP contribution is -2.36. The molecule has 7 heteroatoms. The molecule has 1 N–H and O–H groups in total. The second-order valence-corrected chi connectivity index (χ2v) is 7.74. The molecule has 6 nitrogen and oxygen atoms in total. The van der Waals surface area contributed by atoms with E-state index in [1.807, 2.05) is 28.6 Å². The smallest absolute Gasteiger partial charge is 0.272 e. The highest BCUT2D eigenvalue weighted by Gasteiger charge is 2.28. The number of thioether (sulfide) groups is 1. The molecule has 0 unspecified atom stereocenters. The molecule has 130 valence electrons. The van der Waals surface area contributed by atoms with Crippen molar-refractivity contribution in [3.8, 4) is 0 Å². The van der Waals surface area contributed by atoms with Crippen LogP contribution in [0.4, 0.5) is 0 Å². The number of hydrogen-bond acceptors (Lipinski definition) is 4. The van der Waals surface area contributed by atoms with Crippen molar-refractivity contribution in [2.45, 2.75) is 50.6 Å². The zero-order valence-electron chi connectivity index (χ0n) is 14.0. The van der Waals surface area contributed by atoms with Crippen molar-refractivity contribution >= 4 is 23.6 Å². The maximum absolute atomic E-state index is 12.6. The number of amides is 2. The van der Waals surface area contributed by atoms with Crippen LogP contribution in [0.15, 0.2) is 18.7 Å². The SMILES string of the molecule is C=CCS[C@H](C)C(=O)N1CCCn2nc(C(=O)NC3CC3)cc2C1. The minimum atomic E-state index is -0.106. The summed E-state index contributed by atoms with van der Waals surface area (Å²) in [6.07, 6.45) is 4.78. The third-order valence-electron chi connectivity index (χ3n) is 4.28. The van der Waals surface area contributed by atoms with Crippen molar-refractivity contribution in [1.82, 2.24) is 20.0 Å². The fourth-order valence-electron chi connectivity index (χ4n) is 2.79. The van der Waals surface area contributed by atoms with Gasteiger partial charge in [-0.2, -0.15) is 5.10 Å². The summed E-state index contributed by atoms with van der Waals surface area (Å²) in [5.41, 5.74) is 1.39. The van der Waals surface area contributed by atoms with Gasteiger partial charge in [-0.3, -0.25) is 14.3 Å². The summed E-state index contributed by atoms with van der Waals surface area (Å²) in [4.78, 5) is 26.7. The van der Waals surface area contributed by atoms with Gasteiger partial charge in [0.2, 0.25) is 5.91 Å². The van der Waals surface area contributed by atoms with Crippen molar-refractivity contribution in [3.63, 3.8) is 0 Å². The maximum atomic E-state index is 12.6. The quantitative estimate of drug-likeness (QED) is 0.796. The molecule has 0 aromatic carbocycles. The van der Waals surface area contributed by atoms with E-state index in [-0.39, 0.29) is 17.1 Å². The van der Waals surface area contributed by atoms with Gasteiger partial charge in [0.05, 0.1) is 17.5 Å². The lowest BCUT2D eigenvalue weighted by atomic mass is 10.3. The number of carbonyl (C=O) groups excluding carboxylic acids is 2. The van der Waals surface area contributed by atoms with Crippen molar-refractivity contribution in [3.05, 3.63) is 30.1 Å². The lowest BCUT2D eigenvalue weighted by Gasteiger charge is -2.23. The summed E-state index contributed by atoms with van der Waals surface area (Å²) in [5, 5.41) is 7.30. The molecule has 1 atom stereocenters. The molecule has 2 aliphatic rings. The first-order chi connectivity index (χ1) is 11.6. The molecule has 2 heterocycles. The van der Waals surface area contributed by atoms with Gasteiger partial charge >= 0.3 is 0 Å². The van der Waals surface area contributed by atoms with Gasteiger partial charge in [0, 0.05) is 24.9 Å². The average Bonchev–Trinajstić information content (AvgIpc) is 3.33. The summed E-state index contributed by atoms with van der Waals surface area (Å²) >= 11 is 1.59. The highest BCUT2D eigenvalue weighted by molar-refractivity contribution is 8.00. The Bertz CT molecular complexity index is 639. The summed E-state index contributed by atoms with van der Waals surface area (Å²) in [6.45, 7) is 7.62. The van der Waals surface area contributed by atoms with Crippen molar-refractivity contribution in [2.75, 3.05) is 12.3 Å². The molecule has 0 bridgehead atoms. The number of aryl methyl sites for hydroxylation is 1. The van der Waals surface area contributed by atoms with Gasteiger partial charge in [0.25, 0.3) is 5.91 Å². The van der Waals surface area contributed by atoms with E-state index in [0.717, 1.165) is 43.8 Å². The monoisotopic (exact) mass is 348 g/mol. The van der Waals surface area contributed by atoms with Crippen molar-refractivity contribution in [2.24, 2.45) is 0 Å². The largest absolute Gasteiger partial charge is 0.348 e. The standard InChI is InChI=1S/C17H24N4O2S/c1-3-9-24-12(2)17(23)20-7-4-8-21-14(11-20)10-15(19-21)16(22)18-13-5-6-13/h3,10,12-13H,1,4-9,11H2,2H3,(H,18,22)/t12-/m1/s1. The van der Waals surface area contributed by atoms with E-state index >= 15 is 0 Å². The van der Waals surface area contributed by atoms with Gasteiger partial charge in [0.15, 0.2) is 5.69 Å². The number of nitrogens with one attached hydrogen (secondary N) is 1.